The summed E-state index contributed by atoms with van der Waals surface area (Å²) in [5.74, 6) is 1.54. The summed E-state index contributed by atoms with van der Waals surface area (Å²) < 4.78 is 10.9. The van der Waals surface area contributed by atoms with Crippen molar-refractivity contribution in [3.8, 4) is 11.5 Å². The van der Waals surface area contributed by atoms with Gasteiger partial charge in [-0.15, -0.1) is 0 Å². The number of methoxy groups -OCH3 is 1. The molecule has 1 N–H and O–H groups in total. The average molecular weight is 272 g/mol. The van der Waals surface area contributed by atoms with Gasteiger partial charge in [0.15, 0.2) is 0 Å². The summed E-state index contributed by atoms with van der Waals surface area (Å²) in [5, 5.41) is 3.21. The number of rotatable bonds is 7. The standard InChI is InChI=1S/C16H20N2O2/c1-3-18-14-10-16(12-17-11-14)20-15-6-4-13(5-7-15)8-9-19-2/h4-7,10-12,18H,3,8-9H2,1-2H3. The average Bonchev–Trinajstić information content (AvgIpc) is 2.47. The highest BCUT2D eigenvalue weighted by Crippen LogP contribution is 2.23. The quantitative estimate of drug-likeness (QED) is 0.838. The molecule has 106 valence electrons. The first-order valence-electron chi connectivity index (χ1n) is 6.76. The van der Waals surface area contributed by atoms with E-state index in [1.165, 1.54) is 5.56 Å². The molecule has 0 atom stereocenters. The number of hydrogen-bond donors (Lipinski definition) is 1. The van der Waals surface area contributed by atoms with E-state index in [0.29, 0.717) is 0 Å². The van der Waals surface area contributed by atoms with Crippen LogP contribution in [0.1, 0.15) is 12.5 Å². The monoisotopic (exact) mass is 272 g/mol. The van der Waals surface area contributed by atoms with Gasteiger partial charge in [0.05, 0.1) is 24.7 Å². The molecular weight excluding hydrogens is 252 g/mol. The van der Waals surface area contributed by atoms with E-state index in [1.807, 2.05) is 25.1 Å². The SMILES string of the molecule is CCNc1cncc(Oc2ccc(CCOC)cc2)c1. The van der Waals surface area contributed by atoms with E-state index in [4.69, 9.17) is 9.47 Å². The third-order valence-corrected chi connectivity index (χ3v) is 2.85. The van der Waals surface area contributed by atoms with Crippen LogP contribution in [0.3, 0.4) is 0 Å². The lowest BCUT2D eigenvalue weighted by molar-refractivity contribution is 0.202. The van der Waals surface area contributed by atoms with Crippen LogP contribution in [0, 0.1) is 0 Å². The lowest BCUT2D eigenvalue weighted by Gasteiger charge is -2.08. The van der Waals surface area contributed by atoms with E-state index in [-0.39, 0.29) is 0 Å². The summed E-state index contributed by atoms with van der Waals surface area (Å²) >= 11 is 0. The fraction of sp³-hybridized carbons (Fsp3) is 0.312. The zero-order chi connectivity index (χ0) is 14.2. The van der Waals surface area contributed by atoms with Crippen molar-refractivity contribution in [2.75, 3.05) is 25.6 Å². The predicted octanol–water partition coefficient (Wildman–Crippen LogP) is 3.49. The van der Waals surface area contributed by atoms with Gasteiger partial charge in [0, 0.05) is 19.7 Å². The van der Waals surface area contributed by atoms with Crippen LogP contribution in [-0.2, 0) is 11.2 Å². The maximum atomic E-state index is 5.79. The lowest BCUT2D eigenvalue weighted by Crippen LogP contribution is -1.97. The van der Waals surface area contributed by atoms with E-state index in [1.54, 1.807) is 19.5 Å². The first kappa shape index (κ1) is 14.3. The molecule has 0 saturated heterocycles. The molecule has 20 heavy (non-hydrogen) atoms. The summed E-state index contributed by atoms with van der Waals surface area (Å²) in [5.41, 5.74) is 2.19. The number of anilines is 1. The van der Waals surface area contributed by atoms with Gasteiger partial charge in [-0.1, -0.05) is 12.1 Å². The Kier molecular flexibility index (Phi) is 5.38. The molecule has 2 rings (SSSR count). The fourth-order valence-electron chi connectivity index (χ4n) is 1.86. The van der Waals surface area contributed by atoms with E-state index in [9.17, 15) is 0 Å². The lowest BCUT2D eigenvalue weighted by atomic mass is 10.1. The maximum absolute atomic E-state index is 5.79. The molecule has 1 aromatic heterocycles. The predicted molar refractivity (Wildman–Crippen MR) is 80.5 cm³/mol. The molecule has 0 radical (unpaired) electrons. The van der Waals surface area contributed by atoms with Crippen molar-refractivity contribution in [2.24, 2.45) is 0 Å². The normalized spacial score (nSPS) is 10.3. The van der Waals surface area contributed by atoms with Crippen molar-refractivity contribution in [3.05, 3.63) is 48.3 Å². The van der Waals surface area contributed by atoms with E-state index in [2.05, 4.69) is 22.4 Å². The Hall–Kier alpha value is -2.07. The maximum Gasteiger partial charge on any atom is 0.147 e. The van der Waals surface area contributed by atoms with E-state index >= 15 is 0 Å². The van der Waals surface area contributed by atoms with Crippen molar-refractivity contribution < 1.29 is 9.47 Å². The molecule has 0 aliphatic rings. The summed E-state index contributed by atoms with van der Waals surface area (Å²) in [7, 11) is 1.71. The van der Waals surface area contributed by atoms with Gasteiger partial charge in [-0.2, -0.15) is 0 Å². The molecular formula is C16H20N2O2. The van der Waals surface area contributed by atoms with Crippen molar-refractivity contribution >= 4 is 5.69 Å². The minimum atomic E-state index is 0.730. The molecule has 1 aromatic carbocycles. The molecule has 0 spiro atoms. The smallest absolute Gasteiger partial charge is 0.147 e. The fourth-order valence-corrected chi connectivity index (χ4v) is 1.86. The molecule has 0 aliphatic heterocycles. The van der Waals surface area contributed by atoms with E-state index in [0.717, 1.165) is 36.8 Å². The molecule has 2 aromatic rings. The summed E-state index contributed by atoms with van der Waals surface area (Å²) in [6, 6.07) is 9.97. The molecule has 0 unspecified atom stereocenters. The molecule has 4 nitrogen and oxygen atoms in total. The van der Waals surface area contributed by atoms with Crippen molar-refractivity contribution in [3.63, 3.8) is 0 Å². The second kappa shape index (κ2) is 7.50. The Bertz CT molecular complexity index is 526. The van der Waals surface area contributed by atoms with Crippen molar-refractivity contribution in [1.29, 1.82) is 0 Å². The molecule has 0 aliphatic carbocycles. The molecule has 0 amide bonds. The summed E-state index contributed by atoms with van der Waals surface area (Å²) in [6.07, 6.45) is 4.40. The topological polar surface area (TPSA) is 43.4 Å². The van der Waals surface area contributed by atoms with Gasteiger partial charge < -0.3 is 14.8 Å². The largest absolute Gasteiger partial charge is 0.456 e. The zero-order valence-corrected chi connectivity index (χ0v) is 11.9. The van der Waals surface area contributed by atoms with Crippen LogP contribution in [0.4, 0.5) is 5.69 Å². The Morgan fingerprint density at radius 3 is 2.60 bits per heavy atom. The third-order valence-electron chi connectivity index (χ3n) is 2.85. The Labute approximate surface area is 119 Å². The van der Waals surface area contributed by atoms with Crippen LogP contribution in [-0.4, -0.2) is 25.2 Å². The Balaban J connectivity index is 2.00. The number of ether oxygens (including phenoxy) is 2. The van der Waals surface area contributed by atoms with Crippen LogP contribution in [0.25, 0.3) is 0 Å². The highest BCUT2D eigenvalue weighted by atomic mass is 16.5. The van der Waals surface area contributed by atoms with Crippen LogP contribution < -0.4 is 10.1 Å². The molecule has 4 heteroatoms. The second-order valence-electron chi connectivity index (χ2n) is 4.43. The Morgan fingerprint density at radius 2 is 1.90 bits per heavy atom. The number of nitrogens with one attached hydrogen (secondary N) is 1. The van der Waals surface area contributed by atoms with Crippen LogP contribution >= 0.6 is 0 Å². The van der Waals surface area contributed by atoms with Gasteiger partial charge in [0.2, 0.25) is 0 Å². The van der Waals surface area contributed by atoms with Gasteiger partial charge in [-0.3, -0.25) is 4.98 Å². The minimum absolute atomic E-state index is 0.730. The number of pyridine rings is 1. The number of benzene rings is 1. The number of nitrogens with zero attached hydrogens (tertiary/aromatic N) is 1. The van der Waals surface area contributed by atoms with Gasteiger partial charge >= 0.3 is 0 Å². The number of hydrogen-bond acceptors (Lipinski definition) is 4. The van der Waals surface area contributed by atoms with Crippen LogP contribution in [0.15, 0.2) is 42.7 Å². The third kappa shape index (κ3) is 4.24. The van der Waals surface area contributed by atoms with Gasteiger partial charge in [0.25, 0.3) is 0 Å². The van der Waals surface area contributed by atoms with Gasteiger partial charge in [-0.05, 0) is 31.0 Å². The van der Waals surface area contributed by atoms with Crippen LogP contribution in [0.2, 0.25) is 0 Å². The summed E-state index contributed by atoms with van der Waals surface area (Å²) in [6.45, 7) is 3.64. The highest BCUT2D eigenvalue weighted by Gasteiger charge is 2.00. The zero-order valence-electron chi connectivity index (χ0n) is 11.9. The second-order valence-corrected chi connectivity index (χ2v) is 4.43. The van der Waals surface area contributed by atoms with Crippen LogP contribution in [0.5, 0.6) is 11.5 Å². The number of aromatic nitrogens is 1. The van der Waals surface area contributed by atoms with Gasteiger partial charge in [-0.25, -0.2) is 0 Å². The molecule has 1 heterocycles. The Morgan fingerprint density at radius 1 is 1.10 bits per heavy atom. The van der Waals surface area contributed by atoms with Crippen molar-refractivity contribution in [1.82, 2.24) is 4.98 Å². The highest BCUT2D eigenvalue weighted by molar-refractivity contribution is 5.46. The van der Waals surface area contributed by atoms with Gasteiger partial charge in [0.1, 0.15) is 11.5 Å². The summed E-state index contributed by atoms with van der Waals surface area (Å²) in [4.78, 5) is 4.15. The van der Waals surface area contributed by atoms with Crippen molar-refractivity contribution in [2.45, 2.75) is 13.3 Å². The first-order valence-corrected chi connectivity index (χ1v) is 6.76. The first-order chi connectivity index (χ1) is 9.81. The molecule has 0 fully saturated rings. The van der Waals surface area contributed by atoms with E-state index < -0.39 is 0 Å². The minimum Gasteiger partial charge on any atom is -0.456 e. The molecule has 0 saturated carbocycles. The molecule has 0 bridgehead atoms.